The van der Waals surface area contributed by atoms with Crippen LogP contribution in [-0.2, 0) is 47.3 Å². The molecule has 7 fully saturated rings. The van der Waals surface area contributed by atoms with E-state index in [1.165, 1.54) is 0 Å². The number of piperazine rings is 4. The van der Waals surface area contributed by atoms with Gasteiger partial charge in [0.1, 0.15) is 39.0 Å². The number of phenols is 2. The van der Waals surface area contributed by atoms with Crippen LogP contribution in [0, 0.1) is 21.6 Å². The number of anilines is 2. The van der Waals surface area contributed by atoms with Gasteiger partial charge in [0.15, 0.2) is 0 Å². The highest BCUT2D eigenvalue weighted by molar-refractivity contribution is 9.10. The number of nitrogens with two attached hydrogens (primary N) is 2. The zero-order valence-corrected chi connectivity index (χ0v) is 68.8. The summed E-state index contributed by atoms with van der Waals surface area (Å²) in [6, 6.07) is 22.8. The Balaban J connectivity index is 0.000000204. The Hall–Kier alpha value is -8.14. The summed E-state index contributed by atoms with van der Waals surface area (Å²) in [7, 11) is -0.329. The Bertz CT molecular complexity index is 3880. The van der Waals surface area contributed by atoms with Crippen LogP contribution in [0.15, 0.2) is 131 Å². The maximum Gasteiger partial charge on any atom is 0.486 e. The molecule has 9 heterocycles. The van der Waals surface area contributed by atoms with Crippen LogP contribution in [0.5, 0.6) is 11.5 Å². The van der Waals surface area contributed by atoms with Gasteiger partial charge in [0, 0.05) is 151 Å². The molecule has 4 unspecified atom stereocenters. The number of likely N-dealkylation sites (tertiary alicyclic amines) is 2. The van der Waals surface area contributed by atoms with Crippen LogP contribution in [0.4, 0.5) is 11.4 Å². The molecule has 4 atom stereocenters. The van der Waals surface area contributed by atoms with E-state index < -0.39 is 11.2 Å². The van der Waals surface area contributed by atoms with Crippen molar-refractivity contribution in [1.29, 1.82) is 21.6 Å². The number of carbonyl (C=O) groups is 2. The molecule has 11 rings (SSSR count). The highest BCUT2D eigenvalue weighted by Crippen LogP contribution is 2.40. The van der Waals surface area contributed by atoms with Gasteiger partial charge < -0.3 is 89.8 Å². The standard InChI is InChI=1S/C38H54N8O5.C23H43BN2O6.C21H23BrN6O/c1-38(2,3)51-36(48)27-44-16-14-43(15-17-44)18-20-50-22-21-49-19-6-7-28-23-29(12-13-42-28)46-30-10-11-31(46)26-45(25-30)34(37(40)41)24-33(39)32-8-4-5-9-35(32)47;1-21(2,3)30-20(27)19-26-12-10-25(11-13-26)14-16-29-18-17-28-15-8-9-24-31-22(4,5)23(6,7)32-24;22-20-9-13(7-8-26-20)28-14-5-6-15(28)12-27(11-14)18(21(24)25)10-17(23)16-3-1-2-4-19(16)29/h4-9,12-13,23-24,30-31,39,47H,10-11,14-22,25-27H2,1-3H3,(H3,40,41);8-9H,10-19H2,1-7H3;1-4,7-10,14-15,23,29H,5-6,11-12H2,(H3,24,25)/b7-6+,34-24+,39-33?;9-8+;18-10+,23-17?. The minimum Gasteiger partial charge on any atom is -0.507 e. The van der Waals surface area contributed by atoms with E-state index in [9.17, 15) is 19.8 Å². The molecule has 7 saturated heterocycles. The summed E-state index contributed by atoms with van der Waals surface area (Å²) in [6.07, 6.45) is 16.9. The van der Waals surface area contributed by atoms with E-state index in [0.29, 0.717) is 114 Å². The first kappa shape index (κ1) is 87.8. The summed E-state index contributed by atoms with van der Waals surface area (Å²) in [5, 5.41) is 53.5. The topological polar surface area (TPSA) is 348 Å². The van der Waals surface area contributed by atoms with Crippen LogP contribution >= 0.6 is 15.9 Å². The largest absolute Gasteiger partial charge is 0.507 e. The van der Waals surface area contributed by atoms with Gasteiger partial charge in [-0.3, -0.25) is 45.0 Å². The predicted octanol–water partition coefficient (Wildman–Crippen LogP) is 8.59. The van der Waals surface area contributed by atoms with Crippen molar-refractivity contribution in [3.8, 4) is 11.5 Å². The smallest absolute Gasteiger partial charge is 0.486 e. The molecule has 7 aliphatic heterocycles. The van der Waals surface area contributed by atoms with Crippen molar-refractivity contribution in [2.75, 3.05) is 167 Å². The lowest BCUT2D eigenvalue weighted by atomic mass is 9.90. The third-order valence-electron chi connectivity index (χ3n) is 20.8. The Morgan fingerprint density at radius 3 is 1.34 bits per heavy atom. The van der Waals surface area contributed by atoms with Gasteiger partial charge >= 0.3 is 19.1 Å². The second-order valence-electron chi connectivity index (χ2n) is 32.2. The lowest BCUT2D eigenvalue weighted by molar-refractivity contribution is -0.157. The quantitative estimate of drug-likeness (QED) is 0.00566. The van der Waals surface area contributed by atoms with Crippen LogP contribution < -0.4 is 21.3 Å². The zero-order chi connectivity index (χ0) is 80.8. The lowest BCUT2D eigenvalue weighted by Crippen LogP contribution is -2.54. The number of nitrogens with one attached hydrogen (secondary N) is 4. The average molecular weight is 1610 g/mol. The monoisotopic (exact) mass is 1610 g/mol. The van der Waals surface area contributed by atoms with Crippen molar-refractivity contribution >= 4 is 75.5 Å². The van der Waals surface area contributed by atoms with Gasteiger partial charge in [-0.25, -0.2) is 4.98 Å². The molecule has 0 spiro atoms. The fraction of sp³-hybridized carbons (Fsp3) is 0.561. The SMILES string of the molecule is CC(C)(C)OC(=O)CN1CCN(CCOCCOC/C=C/B2OC(C)(C)C(C)(C)O2)CC1.CC(C)(C)OC(=O)CN1CCN(CCOCCOC/C=C/c2cc(N3C4CCC3CN(/C(=C/C(=N)c3ccccc3O)C(=N)N)C4)ccn2)CC1.N=C(N)/C(=C\C(=N)c1ccccc1O)N1CC2CCC(C1)N2c1ccnc(Br)c1. The van der Waals surface area contributed by atoms with Crippen molar-refractivity contribution in [3.63, 3.8) is 0 Å². The van der Waals surface area contributed by atoms with Crippen LogP contribution in [-0.4, -0.2) is 296 Å². The van der Waals surface area contributed by atoms with Crippen LogP contribution in [0.25, 0.3) is 6.08 Å². The highest BCUT2D eigenvalue weighted by atomic mass is 79.9. The molecule has 610 valence electrons. The number of esters is 2. The second-order valence-corrected chi connectivity index (χ2v) is 33.0. The number of amidine groups is 2. The van der Waals surface area contributed by atoms with E-state index in [4.69, 9.17) is 70.8 Å². The van der Waals surface area contributed by atoms with E-state index in [2.05, 4.69) is 71.2 Å². The molecule has 30 heteroatoms. The van der Waals surface area contributed by atoms with Gasteiger partial charge in [-0.05, 0) is 178 Å². The second kappa shape index (κ2) is 41.2. The number of carbonyl (C=O) groups excluding carboxylic acids is 2. The molecule has 2 aromatic heterocycles. The number of fused-ring (bicyclic) bond motifs is 4. The van der Waals surface area contributed by atoms with E-state index >= 15 is 0 Å². The van der Waals surface area contributed by atoms with E-state index in [1.54, 1.807) is 66.9 Å². The number of ether oxygens (including phenoxy) is 6. The molecule has 0 amide bonds. The maximum absolute atomic E-state index is 12.1. The minimum atomic E-state index is -0.452. The van der Waals surface area contributed by atoms with Gasteiger partial charge in [0.25, 0.3) is 0 Å². The first-order chi connectivity index (χ1) is 53.3. The normalized spacial score (nSPS) is 21.0. The van der Waals surface area contributed by atoms with Crippen molar-refractivity contribution < 1.29 is 57.5 Å². The van der Waals surface area contributed by atoms with Crippen LogP contribution in [0.2, 0.25) is 0 Å². The number of hydrogen-bond acceptors (Lipinski definition) is 26. The van der Waals surface area contributed by atoms with Gasteiger partial charge in [0.05, 0.1) is 106 Å². The van der Waals surface area contributed by atoms with E-state index in [1.807, 2.05) is 118 Å². The van der Waals surface area contributed by atoms with E-state index in [0.717, 1.165) is 126 Å². The van der Waals surface area contributed by atoms with Crippen molar-refractivity contribution in [2.45, 2.75) is 141 Å². The molecule has 4 bridgehead atoms. The van der Waals surface area contributed by atoms with Crippen LogP contribution in [0.3, 0.4) is 0 Å². The number of hydrogen-bond donors (Lipinski definition) is 8. The molecule has 0 radical (unpaired) electrons. The molecule has 28 nitrogen and oxygen atoms in total. The van der Waals surface area contributed by atoms with Gasteiger partial charge in [-0.15, -0.1) is 0 Å². The summed E-state index contributed by atoms with van der Waals surface area (Å²) in [4.78, 5) is 50.9. The summed E-state index contributed by atoms with van der Waals surface area (Å²) >= 11 is 3.45. The number of aromatic nitrogens is 2. The number of pyridine rings is 2. The van der Waals surface area contributed by atoms with Crippen molar-refractivity contribution in [1.82, 2.24) is 39.4 Å². The van der Waals surface area contributed by atoms with Crippen LogP contribution in [0.1, 0.15) is 112 Å². The highest BCUT2D eigenvalue weighted by Gasteiger charge is 2.50. The summed E-state index contributed by atoms with van der Waals surface area (Å²) < 4.78 is 46.3. The van der Waals surface area contributed by atoms with Gasteiger partial charge in [0.2, 0.25) is 0 Å². The molecular weight excluding hydrogens is 1490 g/mol. The summed E-state index contributed by atoms with van der Waals surface area (Å²) in [5.74, 6) is 1.51. The molecule has 112 heavy (non-hydrogen) atoms. The fourth-order valence-electron chi connectivity index (χ4n) is 14.7. The lowest BCUT2D eigenvalue weighted by Gasteiger charge is -2.44. The first-order valence-corrected chi connectivity index (χ1v) is 39.9. The van der Waals surface area contributed by atoms with Crippen molar-refractivity contribution in [2.24, 2.45) is 11.5 Å². The molecule has 0 aliphatic carbocycles. The van der Waals surface area contributed by atoms with Gasteiger partial charge in [-0.1, -0.05) is 42.4 Å². The summed E-state index contributed by atoms with van der Waals surface area (Å²) in [6.45, 7) is 36.4. The van der Waals surface area contributed by atoms with E-state index in [-0.39, 0.29) is 76.9 Å². The Morgan fingerprint density at radius 1 is 0.554 bits per heavy atom. The zero-order valence-electron chi connectivity index (χ0n) is 67.2. The number of para-hydroxylation sites is 2. The fourth-order valence-corrected chi connectivity index (χ4v) is 15.0. The number of nitrogens with zero attached hydrogens (tertiary/aromatic N) is 10. The molecule has 0 saturated carbocycles. The van der Waals surface area contributed by atoms with Crippen molar-refractivity contribution in [3.05, 3.63) is 148 Å². The number of rotatable bonds is 32. The summed E-state index contributed by atoms with van der Waals surface area (Å²) in [5.41, 5.74) is 15.7. The third-order valence-corrected chi connectivity index (χ3v) is 21.3. The number of halogens is 1. The third kappa shape index (κ3) is 26.7. The molecule has 10 N–H and O–H groups in total. The minimum absolute atomic E-state index is 0.0297. The predicted molar refractivity (Wildman–Crippen MR) is 443 cm³/mol. The number of phenolic OH excluding ortho intramolecular Hbond substituents is 2. The molecule has 2 aromatic carbocycles. The maximum atomic E-state index is 12.1. The Morgan fingerprint density at radius 2 is 0.938 bits per heavy atom. The van der Waals surface area contributed by atoms with Gasteiger partial charge in [-0.2, -0.15) is 0 Å². The molecular formula is C82H120BBrN16O12. The Kier molecular flexibility index (Phi) is 32.3. The number of benzene rings is 2. The number of allylic oxidation sites excluding steroid dienone is 2. The first-order valence-electron chi connectivity index (χ1n) is 39.1. The molecule has 4 aromatic rings. The molecule has 7 aliphatic rings. The number of aromatic hydroxyl groups is 2. The average Bonchev–Trinajstić information content (AvgIpc) is 1.61. The Labute approximate surface area is 670 Å².